The van der Waals surface area contributed by atoms with Crippen LogP contribution in [0.2, 0.25) is 0 Å². The molecule has 0 aliphatic carbocycles. The van der Waals surface area contributed by atoms with Crippen LogP contribution in [0.15, 0.2) is 15.2 Å². The Morgan fingerprint density at radius 1 is 1.75 bits per heavy atom. The molecule has 1 fully saturated rings. The fourth-order valence-corrected chi connectivity index (χ4v) is 2.28. The van der Waals surface area contributed by atoms with Gasteiger partial charge >= 0.3 is 6.09 Å². The van der Waals surface area contributed by atoms with Crippen molar-refractivity contribution >= 4 is 33.4 Å². The van der Waals surface area contributed by atoms with Crippen LogP contribution in [0.25, 0.3) is 0 Å². The van der Waals surface area contributed by atoms with E-state index in [0.717, 1.165) is 9.35 Å². The number of alkyl carbamates (subject to hydrolysis) is 1. The minimum absolute atomic E-state index is 0.111. The van der Waals surface area contributed by atoms with Crippen LogP contribution >= 0.6 is 27.3 Å². The molecule has 1 unspecified atom stereocenters. The summed E-state index contributed by atoms with van der Waals surface area (Å²) >= 11 is 4.94. The highest BCUT2D eigenvalue weighted by Gasteiger charge is 2.24. The zero-order chi connectivity index (χ0) is 8.55. The minimum atomic E-state index is -0.331. The minimum Gasteiger partial charge on any atom is -0.439 e. The largest absolute Gasteiger partial charge is 0.439 e. The van der Waals surface area contributed by atoms with Gasteiger partial charge in [0, 0.05) is 5.56 Å². The van der Waals surface area contributed by atoms with Crippen LogP contribution < -0.4 is 5.32 Å². The lowest BCUT2D eigenvalue weighted by molar-refractivity contribution is 0.141. The maximum Gasteiger partial charge on any atom is 0.407 e. The van der Waals surface area contributed by atoms with Crippen LogP contribution in [0.5, 0.6) is 0 Å². The molecule has 64 valence electrons. The molecule has 1 aliphatic rings. The van der Waals surface area contributed by atoms with E-state index in [2.05, 4.69) is 21.2 Å². The van der Waals surface area contributed by atoms with E-state index in [1.54, 1.807) is 11.3 Å². The molecular weight excluding hydrogens is 242 g/mol. The molecule has 1 N–H and O–H groups in total. The SMILES string of the molecule is O=C1NCC(c2csc(Br)c2)O1. The number of halogens is 1. The van der Waals surface area contributed by atoms with Gasteiger partial charge in [-0.25, -0.2) is 4.79 Å². The van der Waals surface area contributed by atoms with Gasteiger partial charge in [0.15, 0.2) is 0 Å². The lowest BCUT2D eigenvalue weighted by Gasteiger charge is -2.02. The van der Waals surface area contributed by atoms with E-state index in [-0.39, 0.29) is 12.2 Å². The maximum atomic E-state index is 10.7. The van der Waals surface area contributed by atoms with Crippen molar-refractivity contribution in [3.05, 3.63) is 20.8 Å². The highest BCUT2D eigenvalue weighted by molar-refractivity contribution is 9.11. The van der Waals surface area contributed by atoms with Gasteiger partial charge in [-0.1, -0.05) is 0 Å². The van der Waals surface area contributed by atoms with Crippen molar-refractivity contribution in [1.29, 1.82) is 0 Å². The average Bonchev–Trinajstić information content (AvgIpc) is 2.58. The standard InChI is InChI=1S/C7H6BrNO2S/c8-6-1-4(3-12-6)5-2-9-7(10)11-5/h1,3,5H,2H2,(H,9,10). The first kappa shape index (κ1) is 8.07. The normalized spacial score (nSPS) is 22.1. The Hall–Kier alpha value is -0.550. The van der Waals surface area contributed by atoms with Gasteiger partial charge in [-0.05, 0) is 27.4 Å². The predicted molar refractivity (Wildman–Crippen MR) is 49.2 cm³/mol. The van der Waals surface area contributed by atoms with Crippen molar-refractivity contribution in [2.45, 2.75) is 6.10 Å². The zero-order valence-corrected chi connectivity index (χ0v) is 8.44. The van der Waals surface area contributed by atoms with E-state index < -0.39 is 0 Å². The number of hydrogen-bond acceptors (Lipinski definition) is 3. The first-order valence-corrected chi connectivity index (χ1v) is 5.11. The molecule has 1 saturated heterocycles. The summed E-state index contributed by atoms with van der Waals surface area (Å²) in [4.78, 5) is 10.7. The number of carbonyl (C=O) groups excluding carboxylic acids is 1. The number of thiophene rings is 1. The lowest BCUT2D eigenvalue weighted by Crippen LogP contribution is -2.12. The molecule has 0 saturated carbocycles. The van der Waals surface area contributed by atoms with Gasteiger partial charge in [0.2, 0.25) is 0 Å². The second-order valence-electron chi connectivity index (χ2n) is 2.46. The van der Waals surface area contributed by atoms with Crippen LogP contribution in [0.1, 0.15) is 11.7 Å². The molecule has 0 bridgehead atoms. The topological polar surface area (TPSA) is 38.3 Å². The Balaban J connectivity index is 2.15. The van der Waals surface area contributed by atoms with E-state index in [4.69, 9.17) is 4.74 Å². The fourth-order valence-electron chi connectivity index (χ4n) is 1.07. The second kappa shape index (κ2) is 3.06. The van der Waals surface area contributed by atoms with Gasteiger partial charge in [-0.15, -0.1) is 11.3 Å². The van der Waals surface area contributed by atoms with Crippen LogP contribution in [0, 0.1) is 0 Å². The predicted octanol–water partition coefficient (Wildman–Crippen LogP) is 2.29. The number of ether oxygens (including phenoxy) is 1. The molecule has 1 aromatic heterocycles. The van der Waals surface area contributed by atoms with Crippen molar-refractivity contribution < 1.29 is 9.53 Å². The van der Waals surface area contributed by atoms with Gasteiger partial charge in [0.05, 0.1) is 10.3 Å². The summed E-state index contributed by atoms with van der Waals surface area (Å²) in [6, 6.07) is 1.97. The van der Waals surface area contributed by atoms with Crippen LogP contribution in [-0.2, 0) is 4.74 Å². The summed E-state index contributed by atoms with van der Waals surface area (Å²) in [5, 5.41) is 4.59. The van der Waals surface area contributed by atoms with E-state index in [1.165, 1.54) is 0 Å². The first-order valence-electron chi connectivity index (χ1n) is 3.44. The van der Waals surface area contributed by atoms with Crippen LogP contribution in [0.3, 0.4) is 0 Å². The van der Waals surface area contributed by atoms with E-state index >= 15 is 0 Å². The Labute approximate surface area is 81.9 Å². The molecule has 0 aromatic carbocycles. The Kier molecular flexibility index (Phi) is 2.06. The molecule has 1 aromatic rings. The van der Waals surface area contributed by atoms with Crippen LogP contribution in [-0.4, -0.2) is 12.6 Å². The summed E-state index contributed by atoms with van der Waals surface area (Å²) in [5.74, 6) is 0. The monoisotopic (exact) mass is 247 g/mol. The number of nitrogens with one attached hydrogen (secondary N) is 1. The summed E-state index contributed by atoms with van der Waals surface area (Å²) in [6.07, 6.45) is -0.442. The summed E-state index contributed by atoms with van der Waals surface area (Å²) in [6.45, 7) is 0.571. The molecule has 0 radical (unpaired) electrons. The van der Waals surface area contributed by atoms with Gasteiger partial charge < -0.3 is 10.1 Å². The average molecular weight is 248 g/mol. The second-order valence-corrected chi connectivity index (χ2v) is 4.75. The van der Waals surface area contributed by atoms with Crippen molar-refractivity contribution in [2.24, 2.45) is 0 Å². The van der Waals surface area contributed by atoms with E-state index in [1.807, 2.05) is 11.4 Å². The molecule has 2 rings (SSSR count). The molecule has 1 aliphatic heterocycles. The highest BCUT2D eigenvalue weighted by atomic mass is 79.9. The number of carbonyl (C=O) groups is 1. The van der Waals surface area contributed by atoms with Crippen molar-refractivity contribution in [3.63, 3.8) is 0 Å². The number of rotatable bonds is 1. The molecule has 5 heteroatoms. The molecule has 1 amide bonds. The van der Waals surface area contributed by atoms with Gasteiger partial charge in [-0.3, -0.25) is 0 Å². The Morgan fingerprint density at radius 2 is 2.58 bits per heavy atom. The van der Waals surface area contributed by atoms with Gasteiger partial charge in [0.25, 0.3) is 0 Å². The number of amides is 1. The Bertz CT molecular complexity index is 312. The van der Waals surface area contributed by atoms with E-state index in [0.29, 0.717) is 6.54 Å². The third-order valence-corrected chi connectivity index (χ3v) is 3.16. The maximum absolute atomic E-state index is 10.7. The van der Waals surface area contributed by atoms with Gasteiger partial charge in [-0.2, -0.15) is 0 Å². The smallest absolute Gasteiger partial charge is 0.407 e. The van der Waals surface area contributed by atoms with Crippen molar-refractivity contribution in [2.75, 3.05) is 6.54 Å². The molecule has 0 spiro atoms. The van der Waals surface area contributed by atoms with Crippen molar-refractivity contribution in [1.82, 2.24) is 5.32 Å². The summed E-state index contributed by atoms with van der Waals surface area (Å²) in [7, 11) is 0. The van der Waals surface area contributed by atoms with Crippen LogP contribution in [0.4, 0.5) is 4.79 Å². The summed E-state index contributed by atoms with van der Waals surface area (Å²) in [5.41, 5.74) is 1.05. The Morgan fingerprint density at radius 3 is 3.08 bits per heavy atom. The van der Waals surface area contributed by atoms with Gasteiger partial charge in [0.1, 0.15) is 6.10 Å². The lowest BCUT2D eigenvalue weighted by atomic mass is 10.2. The molecule has 2 heterocycles. The number of hydrogen-bond donors (Lipinski definition) is 1. The molecule has 12 heavy (non-hydrogen) atoms. The number of cyclic esters (lactones) is 1. The molecule has 1 atom stereocenters. The highest BCUT2D eigenvalue weighted by Crippen LogP contribution is 2.28. The molecule has 3 nitrogen and oxygen atoms in total. The fraction of sp³-hybridized carbons (Fsp3) is 0.286. The molecular formula is C7H6BrNO2S. The zero-order valence-electron chi connectivity index (χ0n) is 6.04. The van der Waals surface area contributed by atoms with E-state index in [9.17, 15) is 4.79 Å². The third kappa shape index (κ3) is 1.47. The van der Waals surface area contributed by atoms with Crippen molar-refractivity contribution in [3.8, 4) is 0 Å². The summed E-state index contributed by atoms with van der Waals surface area (Å²) < 4.78 is 6.05. The first-order chi connectivity index (χ1) is 5.75. The third-order valence-electron chi connectivity index (χ3n) is 1.64. The quantitative estimate of drug-likeness (QED) is 0.828.